The van der Waals surface area contributed by atoms with E-state index in [1.54, 1.807) is 0 Å². The van der Waals surface area contributed by atoms with Crippen molar-refractivity contribution in [2.75, 3.05) is 0 Å². The Bertz CT molecular complexity index is 1330. The number of halogens is 5. The van der Waals surface area contributed by atoms with Gasteiger partial charge in [-0.3, -0.25) is 4.57 Å². The molecule has 0 bridgehead atoms. The lowest BCUT2D eigenvalue weighted by Gasteiger charge is -2.28. The molecule has 0 aliphatic carbocycles. The summed E-state index contributed by atoms with van der Waals surface area (Å²) in [7, 11) is 0. The van der Waals surface area contributed by atoms with Gasteiger partial charge in [0.05, 0.1) is 18.8 Å². The Labute approximate surface area is 187 Å². The minimum absolute atomic E-state index is 0.117. The summed E-state index contributed by atoms with van der Waals surface area (Å²) in [6.07, 6.45) is -1.35. The van der Waals surface area contributed by atoms with Crippen molar-refractivity contribution in [1.82, 2.24) is 29.1 Å². The van der Waals surface area contributed by atoms with Gasteiger partial charge in [0, 0.05) is 11.6 Å². The Hall–Kier alpha value is -4.07. The molecule has 4 rings (SSSR count). The molecule has 0 amide bonds. The van der Waals surface area contributed by atoms with E-state index in [0.29, 0.717) is 6.07 Å². The summed E-state index contributed by atoms with van der Waals surface area (Å²) >= 11 is 0. The molecule has 2 aromatic carbocycles. The second-order valence-electron chi connectivity index (χ2n) is 7.24. The molecule has 1 N–H and O–H groups in total. The van der Waals surface area contributed by atoms with E-state index in [4.69, 9.17) is 0 Å². The Morgan fingerprint density at radius 2 is 1.71 bits per heavy atom. The number of hydrogen-bond acceptors (Lipinski definition) is 6. The van der Waals surface area contributed by atoms with Gasteiger partial charge in [0.25, 0.3) is 0 Å². The highest BCUT2D eigenvalue weighted by Gasteiger charge is 2.35. The molecule has 1 atom stereocenters. The van der Waals surface area contributed by atoms with E-state index in [2.05, 4.69) is 19.9 Å². The molecule has 9 nitrogen and oxygen atoms in total. The van der Waals surface area contributed by atoms with Crippen molar-refractivity contribution in [3.8, 4) is 11.4 Å². The first-order chi connectivity index (χ1) is 16.0. The molecule has 0 aliphatic rings. The number of benzene rings is 2. The normalized spacial score (nSPS) is 13.6. The minimum Gasteiger partial charge on any atom is -0.406 e. The maximum absolute atomic E-state index is 14.6. The van der Waals surface area contributed by atoms with E-state index < -0.39 is 41.6 Å². The van der Waals surface area contributed by atoms with E-state index in [1.807, 2.05) is 0 Å². The largest absolute Gasteiger partial charge is 0.573 e. The predicted molar refractivity (Wildman–Crippen MR) is 105 cm³/mol. The maximum Gasteiger partial charge on any atom is 0.573 e. The van der Waals surface area contributed by atoms with Crippen LogP contribution in [0.4, 0.5) is 22.0 Å². The maximum atomic E-state index is 14.6. The Morgan fingerprint density at radius 3 is 2.32 bits per heavy atom. The zero-order valence-corrected chi connectivity index (χ0v) is 17.0. The highest BCUT2D eigenvalue weighted by atomic mass is 19.4. The molecule has 2 aromatic heterocycles. The Kier molecular flexibility index (Phi) is 5.91. The summed E-state index contributed by atoms with van der Waals surface area (Å²) in [5, 5.41) is 19.1. The van der Waals surface area contributed by atoms with E-state index in [9.17, 15) is 31.9 Å². The average Bonchev–Trinajstić information content (AvgIpc) is 3.37. The van der Waals surface area contributed by atoms with Gasteiger partial charge < -0.3 is 9.84 Å². The molecule has 2 heterocycles. The van der Waals surface area contributed by atoms with Gasteiger partial charge in [-0.1, -0.05) is 6.07 Å². The standard InChI is InChI=1S/C20H15F5N6O3/c21-13-1-6-16(17(22)7-13)19(33,9-30-11-26-10-27-30)8-29-12-28-31(18(29)32)14-2-4-15(5-3-14)34-20(23,24)25/h1-7,10-12,33H,8-9H2. The van der Waals surface area contributed by atoms with Gasteiger partial charge >= 0.3 is 12.1 Å². The van der Waals surface area contributed by atoms with Gasteiger partial charge in [-0.05, 0) is 30.3 Å². The molecule has 0 radical (unpaired) electrons. The fourth-order valence-electron chi connectivity index (χ4n) is 3.36. The van der Waals surface area contributed by atoms with Crippen LogP contribution in [0.15, 0.2) is 66.2 Å². The fraction of sp³-hybridized carbons (Fsp3) is 0.200. The van der Waals surface area contributed by atoms with Crippen molar-refractivity contribution in [2.45, 2.75) is 25.1 Å². The second kappa shape index (κ2) is 8.70. The van der Waals surface area contributed by atoms with E-state index in [1.165, 1.54) is 29.5 Å². The van der Waals surface area contributed by atoms with Crippen molar-refractivity contribution in [3.63, 3.8) is 0 Å². The van der Waals surface area contributed by atoms with Crippen LogP contribution >= 0.6 is 0 Å². The van der Waals surface area contributed by atoms with Crippen molar-refractivity contribution in [2.24, 2.45) is 0 Å². The molecule has 0 saturated heterocycles. The third-order valence-corrected chi connectivity index (χ3v) is 4.80. The van der Waals surface area contributed by atoms with Crippen LogP contribution in [-0.4, -0.2) is 40.6 Å². The summed E-state index contributed by atoms with van der Waals surface area (Å²) in [4.78, 5) is 16.6. The van der Waals surface area contributed by atoms with Crippen LogP contribution in [0.5, 0.6) is 5.75 Å². The zero-order valence-electron chi connectivity index (χ0n) is 17.0. The number of nitrogens with zero attached hydrogens (tertiary/aromatic N) is 6. The van der Waals surface area contributed by atoms with Crippen LogP contribution in [0.3, 0.4) is 0 Å². The van der Waals surface area contributed by atoms with Gasteiger partial charge in [-0.2, -0.15) is 14.9 Å². The lowest BCUT2D eigenvalue weighted by atomic mass is 9.92. The first-order valence-electron chi connectivity index (χ1n) is 9.55. The molecule has 1 unspecified atom stereocenters. The first kappa shape index (κ1) is 23.1. The van der Waals surface area contributed by atoms with Gasteiger partial charge in [0.15, 0.2) is 0 Å². The highest BCUT2D eigenvalue weighted by Crippen LogP contribution is 2.28. The third kappa shape index (κ3) is 4.96. The summed E-state index contributed by atoms with van der Waals surface area (Å²) in [6, 6.07) is 6.98. The molecule has 14 heteroatoms. The molecule has 0 spiro atoms. The molecular formula is C20H15F5N6O3. The number of aromatic nitrogens is 6. The van der Waals surface area contributed by atoms with Gasteiger partial charge in [0.2, 0.25) is 0 Å². The minimum atomic E-state index is -4.87. The van der Waals surface area contributed by atoms with Gasteiger partial charge in [-0.25, -0.2) is 23.2 Å². The summed E-state index contributed by atoms with van der Waals surface area (Å²) in [5.41, 5.74) is -3.03. The average molecular weight is 482 g/mol. The monoisotopic (exact) mass is 482 g/mol. The molecule has 178 valence electrons. The van der Waals surface area contributed by atoms with E-state index >= 15 is 0 Å². The second-order valence-corrected chi connectivity index (χ2v) is 7.24. The number of alkyl halides is 3. The quantitative estimate of drug-likeness (QED) is 0.406. The zero-order chi connectivity index (χ0) is 24.5. The SMILES string of the molecule is O=c1n(CC(O)(Cn2cncn2)c2ccc(F)cc2F)cnn1-c1ccc(OC(F)(F)F)cc1. The number of aliphatic hydroxyl groups is 1. The van der Waals surface area contributed by atoms with Crippen LogP contribution < -0.4 is 10.4 Å². The molecular weight excluding hydrogens is 467 g/mol. The Balaban J connectivity index is 1.66. The summed E-state index contributed by atoms with van der Waals surface area (Å²) in [5.74, 6) is -2.38. The van der Waals surface area contributed by atoms with Crippen LogP contribution in [0.1, 0.15) is 5.56 Å². The van der Waals surface area contributed by atoms with Crippen LogP contribution in [-0.2, 0) is 18.7 Å². The van der Waals surface area contributed by atoms with Gasteiger partial charge in [-0.15, -0.1) is 13.2 Å². The van der Waals surface area contributed by atoms with Crippen LogP contribution in [0.25, 0.3) is 5.69 Å². The highest BCUT2D eigenvalue weighted by molar-refractivity contribution is 5.36. The van der Waals surface area contributed by atoms with E-state index in [0.717, 1.165) is 39.8 Å². The molecule has 0 fully saturated rings. The summed E-state index contributed by atoms with van der Waals surface area (Å²) in [6.45, 7) is -0.847. The smallest absolute Gasteiger partial charge is 0.406 e. The summed E-state index contributed by atoms with van der Waals surface area (Å²) < 4.78 is 71.8. The molecule has 34 heavy (non-hydrogen) atoms. The van der Waals surface area contributed by atoms with Crippen molar-refractivity contribution in [3.05, 3.63) is 89.1 Å². The van der Waals surface area contributed by atoms with E-state index in [-0.39, 0.29) is 17.8 Å². The molecule has 4 aromatic rings. The first-order valence-corrected chi connectivity index (χ1v) is 9.55. The Morgan fingerprint density at radius 1 is 0.971 bits per heavy atom. The lowest BCUT2D eigenvalue weighted by molar-refractivity contribution is -0.274. The topological polar surface area (TPSA) is 100.0 Å². The lowest BCUT2D eigenvalue weighted by Crippen LogP contribution is -2.40. The van der Waals surface area contributed by atoms with Crippen molar-refractivity contribution in [1.29, 1.82) is 0 Å². The van der Waals surface area contributed by atoms with Crippen molar-refractivity contribution >= 4 is 0 Å². The van der Waals surface area contributed by atoms with Crippen LogP contribution in [0.2, 0.25) is 0 Å². The van der Waals surface area contributed by atoms with Crippen molar-refractivity contribution < 1.29 is 31.8 Å². The number of rotatable bonds is 7. The predicted octanol–water partition coefficient (Wildman–Crippen LogP) is 2.39. The number of hydrogen-bond donors (Lipinski definition) is 1. The number of ether oxygens (including phenoxy) is 1. The molecule has 0 aliphatic heterocycles. The fourth-order valence-corrected chi connectivity index (χ4v) is 3.36. The van der Waals surface area contributed by atoms with Crippen LogP contribution in [0, 0.1) is 11.6 Å². The molecule has 0 saturated carbocycles. The van der Waals surface area contributed by atoms with Gasteiger partial charge in [0.1, 0.15) is 42.0 Å². The third-order valence-electron chi connectivity index (χ3n) is 4.80.